The zero-order valence-corrected chi connectivity index (χ0v) is 12.3. The van der Waals surface area contributed by atoms with E-state index in [9.17, 15) is 9.90 Å². The number of aliphatic hydroxyl groups is 1. The molecule has 0 aliphatic carbocycles. The van der Waals surface area contributed by atoms with Crippen LogP contribution in [-0.2, 0) is 11.2 Å². The minimum absolute atomic E-state index is 0.234. The highest BCUT2D eigenvalue weighted by Gasteiger charge is 2.14. The molecule has 0 saturated carbocycles. The van der Waals surface area contributed by atoms with Crippen LogP contribution >= 0.6 is 0 Å². The second-order valence-electron chi connectivity index (χ2n) is 5.61. The summed E-state index contributed by atoms with van der Waals surface area (Å²) in [6, 6.07) is 7.23. The number of carbonyl (C=O) groups excluding carboxylic acids is 1. The van der Waals surface area contributed by atoms with Crippen LogP contribution in [-0.4, -0.2) is 48.3 Å². The molecular formula is C16H24N2O3. The average Bonchev–Trinajstić information content (AvgIpc) is 2.47. The van der Waals surface area contributed by atoms with Crippen molar-refractivity contribution in [3.8, 4) is 5.75 Å². The van der Waals surface area contributed by atoms with Crippen LogP contribution < -0.4 is 10.5 Å². The molecular weight excluding hydrogens is 268 g/mol. The quantitative estimate of drug-likeness (QED) is 0.784. The zero-order valence-electron chi connectivity index (χ0n) is 12.3. The SMILES string of the molecule is NC(=O)Cc1ccc(OCC(O)CN2CCCCC2)cc1. The number of aliphatic hydroxyl groups excluding tert-OH is 1. The van der Waals surface area contributed by atoms with Crippen molar-refractivity contribution in [2.24, 2.45) is 5.73 Å². The number of rotatable bonds is 7. The normalized spacial score (nSPS) is 17.4. The molecule has 1 fully saturated rings. The molecule has 0 spiro atoms. The van der Waals surface area contributed by atoms with E-state index < -0.39 is 6.10 Å². The van der Waals surface area contributed by atoms with Crippen LogP contribution in [0.5, 0.6) is 5.75 Å². The van der Waals surface area contributed by atoms with Gasteiger partial charge >= 0.3 is 0 Å². The Kier molecular flexibility index (Phi) is 6.02. The van der Waals surface area contributed by atoms with Crippen molar-refractivity contribution in [2.75, 3.05) is 26.2 Å². The van der Waals surface area contributed by atoms with Gasteiger partial charge in [0.25, 0.3) is 0 Å². The van der Waals surface area contributed by atoms with E-state index in [1.54, 1.807) is 12.1 Å². The maximum absolute atomic E-state index is 10.8. The van der Waals surface area contributed by atoms with E-state index in [0.29, 0.717) is 12.3 Å². The summed E-state index contributed by atoms with van der Waals surface area (Å²) >= 11 is 0. The number of carbonyl (C=O) groups is 1. The Hall–Kier alpha value is -1.59. The van der Waals surface area contributed by atoms with Gasteiger partial charge in [0.1, 0.15) is 18.5 Å². The monoisotopic (exact) mass is 292 g/mol. The number of hydrogen-bond donors (Lipinski definition) is 2. The molecule has 1 atom stereocenters. The van der Waals surface area contributed by atoms with Crippen LogP contribution in [0.15, 0.2) is 24.3 Å². The molecule has 0 aromatic heterocycles. The molecule has 21 heavy (non-hydrogen) atoms. The summed E-state index contributed by atoms with van der Waals surface area (Å²) in [6.45, 7) is 3.09. The number of benzene rings is 1. The van der Waals surface area contributed by atoms with E-state index >= 15 is 0 Å². The van der Waals surface area contributed by atoms with Gasteiger partial charge < -0.3 is 20.5 Å². The molecule has 116 valence electrons. The topological polar surface area (TPSA) is 75.8 Å². The molecule has 1 aromatic rings. The maximum Gasteiger partial charge on any atom is 0.221 e. The first kappa shape index (κ1) is 15.8. The van der Waals surface area contributed by atoms with E-state index in [0.717, 1.165) is 18.7 Å². The lowest BCUT2D eigenvalue weighted by Gasteiger charge is -2.28. The van der Waals surface area contributed by atoms with E-state index in [1.165, 1.54) is 19.3 Å². The summed E-state index contributed by atoms with van der Waals surface area (Å²) in [5, 5.41) is 10.0. The van der Waals surface area contributed by atoms with E-state index in [1.807, 2.05) is 12.1 Å². The van der Waals surface area contributed by atoms with Gasteiger partial charge in [-0.2, -0.15) is 0 Å². The van der Waals surface area contributed by atoms with Gasteiger partial charge in [-0.05, 0) is 43.6 Å². The molecule has 1 amide bonds. The number of primary amides is 1. The second kappa shape index (κ2) is 8.00. The van der Waals surface area contributed by atoms with Gasteiger partial charge in [-0.15, -0.1) is 0 Å². The summed E-state index contributed by atoms with van der Waals surface area (Å²) < 4.78 is 5.58. The number of piperidine rings is 1. The first-order valence-corrected chi connectivity index (χ1v) is 7.54. The molecule has 1 aliphatic heterocycles. The van der Waals surface area contributed by atoms with Gasteiger partial charge in [0.05, 0.1) is 6.42 Å². The fraction of sp³-hybridized carbons (Fsp3) is 0.562. The van der Waals surface area contributed by atoms with Crippen LogP contribution in [0.2, 0.25) is 0 Å². The number of β-amino-alcohol motifs (C(OH)–C–C–N with tert-alkyl or cyclic N) is 1. The Morgan fingerprint density at radius 1 is 1.24 bits per heavy atom. The minimum atomic E-state index is -0.478. The molecule has 1 unspecified atom stereocenters. The predicted molar refractivity (Wildman–Crippen MR) is 81.1 cm³/mol. The molecule has 1 aliphatic rings. The highest BCUT2D eigenvalue weighted by atomic mass is 16.5. The Bertz CT molecular complexity index is 441. The predicted octanol–water partition coefficient (Wildman–Crippen LogP) is 0.940. The van der Waals surface area contributed by atoms with Gasteiger partial charge in [0.15, 0.2) is 0 Å². The van der Waals surface area contributed by atoms with Crippen molar-refractivity contribution in [1.82, 2.24) is 4.90 Å². The van der Waals surface area contributed by atoms with Crippen molar-refractivity contribution in [3.63, 3.8) is 0 Å². The van der Waals surface area contributed by atoms with Gasteiger partial charge in [-0.1, -0.05) is 18.6 Å². The molecule has 1 saturated heterocycles. The Morgan fingerprint density at radius 2 is 1.90 bits per heavy atom. The summed E-state index contributed by atoms with van der Waals surface area (Å²) in [4.78, 5) is 13.1. The fourth-order valence-electron chi connectivity index (χ4n) is 2.59. The van der Waals surface area contributed by atoms with Crippen molar-refractivity contribution < 1.29 is 14.6 Å². The lowest BCUT2D eigenvalue weighted by Crippen LogP contribution is -2.38. The fourth-order valence-corrected chi connectivity index (χ4v) is 2.59. The van der Waals surface area contributed by atoms with Crippen molar-refractivity contribution in [2.45, 2.75) is 31.8 Å². The molecule has 1 aromatic carbocycles. The third kappa shape index (κ3) is 5.73. The number of ether oxygens (including phenoxy) is 1. The third-order valence-corrected chi connectivity index (χ3v) is 3.66. The van der Waals surface area contributed by atoms with Crippen LogP contribution in [0, 0.1) is 0 Å². The largest absolute Gasteiger partial charge is 0.491 e. The zero-order chi connectivity index (χ0) is 15.1. The lowest BCUT2D eigenvalue weighted by molar-refractivity contribution is -0.117. The molecule has 3 N–H and O–H groups in total. The van der Waals surface area contributed by atoms with Crippen LogP contribution in [0.25, 0.3) is 0 Å². The standard InChI is InChI=1S/C16H24N2O3/c17-16(20)10-13-4-6-15(7-5-13)21-12-14(19)11-18-8-2-1-3-9-18/h4-7,14,19H,1-3,8-12H2,(H2,17,20). The van der Waals surface area contributed by atoms with E-state index in [2.05, 4.69) is 4.90 Å². The molecule has 0 radical (unpaired) electrons. The van der Waals surface area contributed by atoms with Gasteiger partial charge in [-0.3, -0.25) is 4.79 Å². The average molecular weight is 292 g/mol. The molecule has 5 heteroatoms. The van der Waals surface area contributed by atoms with Gasteiger partial charge in [-0.25, -0.2) is 0 Å². The first-order chi connectivity index (χ1) is 10.1. The first-order valence-electron chi connectivity index (χ1n) is 7.54. The van der Waals surface area contributed by atoms with Crippen LogP contribution in [0.3, 0.4) is 0 Å². The molecule has 2 rings (SSSR count). The van der Waals surface area contributed by atoms with Crippen LogP contribution in [0.1, 0.15) is 24.8 Å². The summed E-state index contributed by atoms with van der Waals surface area (Å²) in [6.07, 6.45) is 3.48. The smallest absolute Gasteiger partial charge is 0.221 e. The molecule has 5 nitrogen and oxygen atoms in total. The van der Waals surface area contributed by atoms with Crippen molar-refractivity contribution in [3.05, 3.63) is 29.8 Å². The number of likely N-dealkylation sites (tertiary alicyclic amines) is 1. The van der Waals surface area contributed by atoms with E-state index in [4.69, 9.17) is 10.5 Å². The highest BCUT2D eigenvalue weighted by molar-refractivity contribution is 5.76. The third-order valence-electron chi connectivity index (χ3n) is 3.66. The minimum Gasteiger partial charge on any atom is -0.491 e. The Balaban J connectivity index is 1.72. The summed E-state index contributed by atoms with van der Waals surface area (Å²) in [7, 11) is 0. The van der Waals surface area contributed by atoms with Crippen LogP contribution in [0.4, 0.5) is 0 Å². The molecule has 0 bridgehead atoms. The molecule has 1 heterocycles. The number of nitrogens with zero attached hydrogens (tertiary/aromatic N) is 1. The van der Waals surface area contributed by atoms with Crippen molar-refractivity contribution in [1.29, 1.82) is 0 Å². The van der Waals surface area contributed by atoms with Gasteiger partial charge in [0.2, 0.25) is 5.91 Å². The second-order valence-corrected chi connectivity index (χ2v) is 5.61. The maximum atomic E-state index is 10.8. The number of amides is 1. The highest BCUT2D eigenvalue weighted by Crippen LogP contribution is 2.14. The summed E-state index contributed by atoms with van der Waals surface area (Å²) in [5.74, 6) is 0.349. The Labute approximate surface area is 125 Å². The van der Waals surface area contributed by atoms with Crippen molar-refractivity contribution >= 4 is 5.91 Å². The lowest BCUT2D eigenvalue weighted by atomic mass is 10.1. The number of nitrogens with two attached hydrogens (primary N) is 1. The summed E-state index contributed by atoms with van der Waals surface area (Å²) in [5.41, 5.74) is 6.01. The van der Waals surface area contributed by atoms with E-state index in [-0.39, 0.29) is 18.9 Å². The number of hydrogen-bond acceptors (Lipinski definition) is 4. The van der Waals surface area contributed by atoms with Gasteiger partial charge in [0, 0.05) is 6.54 Å². The Morgan fingerprint density at radius 3 is 2.52 bits per heavy atom.